The van der Waals surface area contributed by atoms with E-state index in [0.29, 0.717) is 36.8 Å². The zero-order chi connectivity index (χ0) is 27.9. The Bertz CT molecular complexity index is 1110. The minimum Gasteiger partial charge on any atom is -0.342 e. The topological polar surface area (TPSA) is 81.8 Å². The van der Waals surface area contributed by atoms with Gasteiger partial charge in [0.15, 0.2) is 5.78 Å². The molecule has 2 aromatic rings. The predicted octanol–water partition coefficient (Wildman–Crippen LogP) is 5.12. The molecule has 1 aliphatic heterocycles. The predicted molar refractivity (Wildman–Crippen MR) is 149 cm³/mol. The number of nitrogens with zero attached hydrogens (tertiary/aromatic N) is 2. The Morgan fingerprint density at radius 3 is 2.50 bits per heavy atom. The van der Waals surface area contributed by atoms with Gasteiger partial charge in [-0.1, -0.05) is 24.3 Å². The van der Waals surface area contributed by atoms with Gasteiger partial charge in [0.25, 0.3) is 0 Å². The smallest absolute Gasteiger partial charge is 0.319 e. The Labute approximate surface area is 225 Å². The maximum absolute atomic E-state index is 13.4. The van der Waals surface area contributed by atoms with Gasteiger partial charge < -0.3 is 15.5 Å². The lowest BCUT2D eigenvalue weighted by Gasteiger charge is -2.37. The summed E-state index contributed by atoms with van der Waals surface area (Å²) in [6.07, 6.45) is 2.94. The molecule has 0 saturated carbocycles. The third kappa shape index (κ3) is 8.94. The number of piperidine rings is 1. The second kappa shape index (κ2) is 13.0. The van der Waals surface area contributed by atoms with Crippen LogP contribution < -0.4 is 10.6 Å². The summed E-state index contributed by atoms with van der Waals surface area (Å²) in [5.74, 6) is 0.00539. The molecule has 0 aromatic heterocycles. The van der Waals surface area contributed by atoms with Crippen molar-refractivity contribution in [2.24, 2.45) is 5.92 Å². The molecule has 0 bridgehead atoms. The number of anilines is 1. The summed E-state index contributed by atoms with van der Waals surface area (Å²) in [4.78, 5) is 42.0. The Kier molecular flexibility index (Phi) is 10.0. The van der Waals surface area contributed by atoms with Crippen LogP contribution in [0.3, 0.4) is 0 Å². The standard InChI is InChI=1S/C30H41FN4O3/c1-21(36)24-9-6-10-26(17-24)32-29(38)33-27(20-34(5)30(2,3)4)18-28(37)35-15-7-8-23(19-35)16-22-11-13-25(31)14-12-22/h6,9-14,17,23,27H,7-8,15-16,18-20H2,1-5H3,(H2,32,33,38)/t23-,27-/m0/s1. The highest BCUT2D eigenvalue weighted by atomic mass is 19.1. The lowest BCUT2D eigenvalue weighted by molar-refractivity contribution is -0.133. The molecule has 0 unspecified atom stereocenters. The number of likely N-dealkylation sites (N-methyl/N-ethyl adjacent to an activating group) is 1. The van der Waals surface area contributed by atoms with Crippen LogP contribution in [0, 0.1) is 11.7 Å². The number of ketones is 1. The Balaban J connectivity index is 1.64. The summed E-state index contributed by atoms with van der Waals surface area (Å²) in [7, 11) is 1.98. The van der Waals surface area contributed by atoms with Crippen molar-refractivity contribution >= 4 is 23.4 Å². The van der Waals surface area contributed by atoms with Gasteiger partial charge in [-0.2, -0.15) is 0 Å². The van der Waals surface area contributed by atoms with E-state index in [1.807, 2.05) is 24.1 Å². The van der Waals surface area contributed by atoms with Gasteiger partial charge in [0.2, 0.25) is 5.91 Å². The molecule has 1 heterocycles. The number of rotatable bonds is 9. The summed E-state index contributed by atoms with van der Waals surface area (Å²) in [6, 6.07) is 12.5. The van der Waals surface area contributed by atoms with Crippen LogP contribution in [-0.2, 0) is 11.2 Å². The Morgan fingerprint density at radius 1 is 1.13 bits per heavy atom. The summed E-state index contributed by atoms with van der Waals surface area (Å²) in [5.41, 5.74) is 1.97. The lowest BCUT2D eigenvalue weighted by Crippen LogP contribution is -2.51. The Hall–Kier alpha value is -3.26. The molecule has 0 aliphatic carbocycles. The third-order valence-electron chi connectivity index (χ3n) is 7.23. The molecule has 1 fully saturated rings. The van der Waals surface area contributed by atoms with E-state index < -0.39 is 12.1 Å². The van der Waals surface area contributed by atoms with Crippen molar-refractivity contribution in [1.82, 2.24) is 15.1 Å². The molecule has 0 spiro atoms. The second-order valence-electron chi connectivity index (χ2n) is 11.4. The summed E-state index contributed by atoms with van der Waals surface area (Å²) in [6.45, 7) is 9.60. The second-order valence-corrected chi connectivity index (χ2v) is 11.4. The fraction of sp³-hybridized carbons (Fsp3) is 0.500. The number of urea groups is 1. The normalized spacial score (nSPS) is 16.7. The molecular formula is C30H41FN4O3. The van der Waals surface area contributed by atoms with Crippen molar-refractivity contribution in [1.29, 1.82) is 0 Å². The lowest BCUT2D eigenvalue weighted by atomic mass is 9.91. The molecule has 2 N–H and O–H groups in total. The summed E-state index contributed by atoms with van der Waals surface area (Å²) >= 11 is 0. The van der Waals surface area contributed by atoms with Crippen LogP contribution in [0.1, 0.15) is 62.9 Å². The van der Waals surface area contributed by atoms with Gasteiger partial charge in [-0.3, -0.25) is 14.5 Å². The number of hydrogen-bond donors (Lipinski definition) is 2. The van der Waals surface area contributed by atoms with E-state index >= 15 is 0 Å². The molecule has 8 heteroatoms. The van der Waals surface area contributed by atoms with Crippen molar-refractivity contribution in [2.75, 3.05) is 32.0 Å². The quantitative estimate of drug-likeness (QED) is 0.446. The molecular weight excluding hydrogens is 483 g/mol. The molecule has 0 radical (unpaired) electrons. The molecule has 206 valence electrons. The van der Waals surface area contributed by atoms with Crippen molar-refractivity contribution in [3.63, 3.8) is 0 Å². The number of hydrogen-bond acceptors (Lipinski definition) is 4. The minimum atomic E-state index is -0.418. The van der Waals surface area contributed by atoms with Crippen molar-refractivity contribution in [3.05, 3.63) is 65.5 Å². The molecule has 3 rings (SSSR count). The van der Waals surface area contributed by atoms with Crippen LogP contribution >= 0.6 is 0 Å². The largest absolute Gasteiger partial charge is 0.342 e. The Morgan fingerprint density at radius 2 is 1.84 bits per heavy atom. The SMILES string of the molecule is CC(=O)c1cccc(NC(=O)N[C@@H](CC(=O)N2CCC[C@@H](Cc3ccc(F)cc3)C2)CN(C)C(C)(C)C)c1. The van der Waals surface area contributed by atoms with Crippen molar-refractivity contribution in [2.45, 2.75) is 65.0 Å². The number of benzene rings is 2. The maximum Gasteiger partial charge on any atom is 0.319 e. The highest BCUT2D eigenvalue weighted by molar-refractivity contribution is 5.96. The zero-order valence-corrected chi connectivity index (χ0v) is 23.2. The van der Waals surface area contributed by atoms with Crippen LogP contribution in [0.15, 0.2) is 48.5 Å². The first-order valence-corrected chi connectivity index (χ1v) is 13.3. The number of halogens is 1. The highest BCUT2D eigenvalue weighted by Crippen LogP contribution is 2.22. The molecule has 1 aliphatic rings. The third-order valence-corrected chi connectivity index (χ3v) is 7.23. The van der Waals surface area contributed by atoms with Crippen LogP contribution in [0.2, 0.25) is 0 Å². The van der Waals surface area contributed by atoms with Gasteiger partial charge >= 0.3 is 6.03 Å². The summed E-state index contributed by atoms with van der Waals surface area (Å²) in [5, 5.41) is 5.78. The van der Waals surface area contributed by atoms with E-state index in [9.17, 15) is 18.8 Å². The fourth-order valence-electron chi connectivity index (χ4n) is 4.69. The number of Topliss-reactive ketones (excluding diaryl/α,β-unsaturated/α-hetero) is 1. The fourth-order valence-corrected chi connectivity index (χ4v) is 4.69. The zero-order valence-electron chi connectivity index (χ0n) is 23.2. The molecule has 3 amide bonds. The number of carbonyl (C=O) groups is 3. The van der Waals surface area contributed by atoms with Crippen LogP contribution in [0.4, 0.5) is 14.9 Å². The van der Waals surface area contributed by atoms with E-state index in [1.54, 1.807) is 24.3 Å². The van der Waals surface area contributed by atoms with Crippen LogP contribution in [-0.4, -0.2) is 65.8 Å². The molecule has 7 nitrogen and oxygen atoms in total. The molecule has 1 saturated heterocycles. The van der Waals surface area contributed by atoms with Crippen LogP contribution in [0.5, 0.6) is 0 Å². The minimum absolute atomic E-state index is 0.0139. The van der Waals surface area contributed by atoms with Gasteiger partial charge in [0.05, 0.1) is 6.04 Å². The first-order valence-electron chi connectivity index (χ1n) is 13.3. The van der Waals surface area contributed by atoms with Gasteiger partial charge in [-0.25, -0.2) is 9.18 Å². The van der Waals surface area contributed by atoms with Gasteiger partial charge in [0.1, 0.15) is 5.82 Å². The van der Waals surface area contributed by atoms with Gasteiger partial charge in [0, 0.05) is 42.8 Å². The monoisotopic (exact) mass is 524 g/mol. The van der Waals surface area contributed by atoms with E-state index in [-0.39, 0.29) is 29.5 Å². The van der Waals surface area contributed by atoms with Crippen molar-refractivity contribution < 1.29 is 18.8 Å². The van der Waals surface area contributed by atoms with Crippen molar-refractivity contribution in [3.8, 4) is 0 Å². The first kappa shape index (κ1) is 29.3. The van der Waals surface area contributed by atoms with E-state index in [4.69, 9.17) is 0 Å². The number of amides is 3. The molecule has 2 atom stereocenters. The van der Waals surface area contributed by atoms with E-state index in [1.165, 1.54) is 19.1 Å². The average molecular weight is 525 g/mol. The number of likely N-dealkylation sites (tertiary alicyclic amines) is 1. The molecule has 38 heavy (non-hydrogen) atoms. The number of nitrogens with one attached hydrogen (secondary N) is 2. The maximum atomic E-state index is 13.4. The first-order chi connectivity index (χ1) is 17.9. The average Bonchev–Trinajstić information content (AvgIpc) is 2.85. The van der Waals surface area contributed by atoms with E-state index in [0.717, 1.165) is 24.8 Å². The highest BCUT2D eigenvalue weighted by Gasteiger charge is 2.28. The van der Waals surface area contributed by atoms with Crippen LogP contribution in [0.25, 0.3) is 0 Å². The van der Waals surface area contributed by atoms with Gasteiger partial charge in [-0.05, 0) is 89.8 Å². The van der Waals surface area contributed by atoms with E-state index in [2.05, 4.69) is 36.3 Å². The summed E-state index contributed by atoms with van der Waals surface area (Å²) < 4.78 is 13.3. The van der Waals surface area contributed by atoms with Gasteiger partial charge in [-0.15, -0.1) is 0 Å². The molecule has 2 aromatic carbocycles. The number of carbonyl (C=O) groups excluding carboxylic acids is 3.